The summed E-state index contributed by atoms with van der Waals surface area (Å²) in [4.78, 5) is 21.7. The molecule has 0 radical (unpaired) electrons. The third-order valence-corrected chi connectivity index (χ3v) is 5.73. The highest BCUT2D eigenvalue weighted by Crippen LogP contribution is 2.27. The molecule has 0 saturated heterocycles. The average molecular weight is 456 g/mol. The highest BCUT2D eigenvalue weighted by molar-refractivity contribution is 5.88. The van der Waals surface area contributed by atoms with Gasteiger partial charge >= 0.3 is 6.09 Å². The average Bonchev–Trinajstić information content (AvgIpc) is 3.20. The van der Waals surface area contributed by atoms with Crippen LogP contribution < -0.4 is 15.4 Å². The quantitative estimate of drug-likeness (QED) is 0.343. The summed E-state index contributed by atoms with van der Waals surface area (Å²) >= 11 is 0. The molecule has 0 unspecified atom stereocenters. The van der Waals surface area contributed by atoms with Crippen LogP contribution in [0.3, 0.4) is 0 Å². The molecule has 0 aliphatic rings. The van der Waals surface area contributed by atoms with Gasteiger partial charge in [0.1, 0.15) is 0 Å². The molecule has 0 bridgehead atoms. The summed E-state index contributed by atoms with van der Waals surface area (Å²) in [7, 11) is 1.89. The van der Waals surface area contributed by atoms with Gasteiger partial charge in [-0.15, -0.1) is 0 Å². The zero-order valence-corrected chi connectivity index (χ0v) is 19.9. The van der Waals surface area contributed by atoms with Crippen LogP contribution in [0.4, 0.5) is 22.1 Å². The van der Waals surface area contributed by atoms with Gasteiger partial charge in [0, 0.05) is 31.2 Å². The molecule has 174 valence electrons. The largest absolute Gasteiger partial charge is 0.417 e. The van der Waals surface area contributed by atoms with Gasteiger partial charge in [0.25, 0.3) is 0 Å². The van der Waals surface area contributed by atoms with Crippen LogP contribution in [0, 0.1) is 6.92 Å². The van der Waals surface area contributed by atoms with E-state index < -0.39 is 6.09 Å². The molecule has 0 atom stereocenters. The maximum atomic E-state index is 12.7. The van der Waals surface area contributed by atoms with Gasteiger partial charge in [0.15, 0.2) is 5.75 Å². The van der Waals surface area contributed by atoms with Crippen molar-refractivity contribution in [1.29, 1.82) is 0 Å². The van der Waals surface area contributed by atoms with E-state index in [1.165, 1.54) is 0 Å². The van der Waals surface area contributed by atoms with Gasteiger partial charge < -0.3 is 14.6 Å². The first-order valence-electron chi connectivity index (χ1n) is 11.4. The lowest BCUT2D eigenvalue weighted by Gasteiger charge is -2.13. The Kier molecular flexibility index (Phi) is 6.92. The van der Waals surface area contributed by atoms with Gasteiger partial charge in [-0.2, -0.15) is 0 Å². The fourth-order valence-electron chi connectivity index (χ4n) is 3.88. The van der Waals surface area contributed by atoms with Crippen molar-refractivity contribution >= 4 is 23.4 Å². The number of ether oxygens (including phenoxy) is 1. The molecule has 7 nitrogen and oxygen atoms in total. The van der Waals surface area contributed by atoms with Gasteiger partial charge in [-0.1, -0.05) is 50.2 Å². The second-order valence-corrected chi connectivity index (χ2v) is 8.05. The molecule has 2 aromatic heterocycles. The predicted molar refractivity (Wildman–Crippen MR) is 136 cm³/mol. The van der Waals surface area contributed by atoms with Gasteiger partial charge in [-0.25, -0.2) is 14.8 Å². The van der Waals surface area contributed by atoms with Crippen LogP contribution in [-0.4, -0.2) is 20.6 Å². The van der Waals surface area contributed by atoms with Crippen LogP contribution in [-0.2, 0) is 19.9 Å². The molecule has 4 aromatic rings. The van der Waals surface area contributed by atoms with Crippen molar-refractivity contribution in [1.82, 2.24) is 14.5 Å². The van der Waals surface area contributed by atoms with E-state index in [0.717, 1.165) is 46.6 Å². The molecule has 2 heterocycles. The lowest BCUT2D eigenvalue weighted by molar-refractivity contribution is 0.215. The summed E-state index contributed by atoms with van der Waals surface area (Å²) in [6.45, 7) is 6.16. The molecule has 0 fully saturated rings. The number of carbonyl (C=O) groups is 1. The van der Waals surface area contributed by atoms with Gasteiger partial charge in [-0.3, -0.25) is 5.32 Å². The van der Waals surface area contributed by atoms with Crippen molar-refractivity contribution in [3.05, 3.63) is 83.7 Å². The van der Waals surface area contributed by atoms with Crippen LogP contribution in [0.5, 0.6) is 5.75 Å². The zero-order chi connectivity index (χ0) is 24.1. The number of anilines is 3. The predicted octanol–water partition coefficient (Wildman–Crippen LogP) is 6.27. The van der Waals surface area contributed by atoms with Crippen molar-refractivity contribution < 1.29 is 9.53 Å². The Balaban J connectivity index is 1.51. The Morgan fingerprint density at radius 2 is 1.76 bits per heavy atom. The van der Waals surface area contributed by atoms with E-state index in [2.05, 4.69) is 34.4 Å². The second-order valence-electron chi connectivity index (χ2n) is 8.05. The molecule has 4 rings (SSSR count). The number of benzene rings is 2. The Bertz CT molecular complexity index is 1290. The molecule has 7 heteroatoms. The highest BCUT2D eigenvalue weighted by Gasteiger charge is 2.15. The minimum absolute atomic E-state index is 0.439. The number of nitrogens with one attached hydrogen (secondary N) is 2. The number of aryl methyl sites for hydroxylation is 4. The van der Waals surface area contributed by atoms with E-state index in [-0.39, 0.29) is 0 Å². The summed E-state index contributed by atoms with van der Waals surface area (Å²) in [5.41, 5.74) is 6.57. The SMILES string of the molecule is CCc1cccc(CC)c1NC(=O)Oc1cc(-c2ccnc(Nc3ccccc3C)n2)n(C)c1. The molecule has 2 aromatic carbocycles. The van der Waals surface area contributed by atoms with Crippen molar-refractivity contribution in [3.63, 3.8) is 0 Å². The number of nitrogens with zero attached hydrogens (tertiary/aromatic N) is 3. The summed E-state index contributed by atoms with van der Waals surface area (Å²) in [6, 6.07) is 17.6. The van der Waals surface area contributed by atoms with Crippen LogP contribution >= 0.6 is 0 Å². The van der Waals surface area contributed by atoms with Crippen LogP contribution in [0.2, 0.25) is 0 Å². The third-order valence-electron chi connectivity index (χ3n) is 5.73. The highest BCUT2D eigenvalue weighted by atomic mass is 16.6. The number of carbonyl (C=O) groups excluding carboxylic acids is 1. The number of amides is 1. The van der Waals surface area contributed by atoms with E-state index >= 15 is 0 Å². The first kappa shape index (κ1) is 23.0. The lowest BCUT2D eigenvalue weighted by atomic mass is 10.0. The van der Waals surface area contributed by atoms with Crippen molar-refractivity contribution in [2.45, 2.75) is 33.6 Å². The maximum absolute atomic E-state index is 12.7. The van der Waals surface area contributed by atoms with Crippen molar-refractivity contribution in [2.24, 2.45) is 7.05 Å². The number of aromatic nitrogens is 3. The van der Waals surface area contributed by atoms with E-state index in [4.69, 9.17) is 4.74 Å². The van der Waals surface area contributed by atoms with Gasteiger partial charge in [-0.05, 0) is 48.6 Å². The fraction of sp³-hybridized carbons (Fsp3) is 0.222. The summed E-state index contributed by atoms with van der Waals surface area (Å²) in [6.07, 6.45) is 4.60. The summed E-state index contributed by atoms with van der Waals surface area (Å²) < 4.78 is 7.49. The zero-order valence-electron chi connectivity index (χ0n) is 19.9. The molecule has 0 spiro atoms. The Hall–Kier alpha value is -4.13. The van der Waals surface area contributed by atoms with E-state index in [1.807, 2.05) is 67.1 Å². The first-order valence-corrected chi connectivity index (χ1v) is 11.4. The molecule has 0 aliphatic carbocycles. The lowest BCUT2D eigenvalue weighted by Crippen LogP contribution is -2.18. The Morgan fingerprint density at radius 3 is 2.47 bits per heavy atom. The number of hydrogen-bond donors (Lipinski definition) is 2. The normalized spacial score (nSPS) is 10.7. The Morgan fingerprint density at radius 1 is 1.03 bits per heavy atom. The molecule has 34 heavy (non-hydrogen) atoms. The van der Waals surface area contributed by atoms with E-state index in [0.29, 0.717) is 17.4 Å². The molecule has 1 amide bonds. The van der Waals surface area contributed by atoms with Crippen molar-refractivity contribution in [3.8, 4) is 17.1 Å². The van der Waals surface area contributed by atoms with Crippen LogP contribution in [0.25, 0.3) is 11.4 Å². The minimum atomic E-state index is -0.516. The standard InChI is InChI=1S/C27H29N5O2/c1-5-19-11-9-12-20(6-2)25(19)31-27(33)34-21-16-24(32(4)17-21)23-14-15-28-26(30-23)29-22-13-8-7-10-18(22)3/h7-17H,5-6H2,1-4H3,(H,31,33)(H,28,29,30). The smallest absolute Gasteiger partial charge is 0.408 e. The molecule has 2 N–H and O–H groups in total. The maximum Gasteiger partial charge on any atom is 0.417 e. The molecule has 0 saturated carbocycles. The number of hydrogen-bond acceptors (Lipinski definition) is 5. The third kappa shape index (κ3) is 5.09. The summed E-state index contributed by atoms with van der Waals surface area (Å²) in [5, 5.41) is 6.20. The molecule has 0 aliphatic heterocycles. The first-order chi connectivity index (χ1) is 16.5. The van der Waals surface area contributed by atoms with E-state index in [1.54, 1.807) is 18.5 Å². The van der Waals surface area contributed by atoms with Crippen LogP contribution in [0.1, 0.15) is 30.5 Å². The van der Waals surface area contributed by atoms with Crippen molar-refractivity contribution in [2.75, 3.05) is 10.6 Å². The number of para-hydroxylation sites is 2. The fourth-order valence-corrected chi connectivity index (χ4v) is 3.88. The van der Waals surface area contributed by atoms with Gasteiger partial charge in [0.2, 0.25) is 5.95 Å². The Labute approximate surface area is 199 Å². The molecular formula is C27H29N5O2. The minimum Gasteiger partial charge on any atom is -0.408 e. The van der Waals surface area contributed by atoms with E-state index in [9.17, 15) is 4.79 Å². The summed E-state index contributed by atoms with van der Waals surface area (Å²) in [5.74, 6) is 0.936. The number of rotatable bonds is 7. The van der Waals surface area contributed by atoms with Gasteiger partial charge in [0.05, 0.1) is 17.1 Å². The second kappa shape index (κ2) is 10.2. The van der Waals surface area contributed by atoms with Crippen LogP contribution in [0.15, 0.2) is 67.0 Å². The topological polar surface area (TPSA) is 81.1 Å². The monoisotopic (exact) mass is 455 g/mol. The molecular weight excluding hydrogens is 426 g/mol.